The Kier molecular flexibility index (Phi) is 3.03. The summed E-state index contributed by atoms with van der Waals surface area (Å²) < 4.78 is 2.08. The SMILES string of the molecule is Cc1c(CO)cc(-c2ccc(Cl)cc2)n1C. The van der Waals surface area contributed by atoms with E-state index in [1.807, 2.05) is 44.3 Å². The maximum atomic E-state index is 9.21. The number of halogens is 1. The second-order valence-corrected chi connectivity index (χ2v) is 4.30. The lowest BCUT2D eigenvalue weighted by Crippen LogP contribution is -1.94. The Hall–Kier alpha value is -1.25. The van der Waals surface area contributed by atoms with Crippen molar-refractivity contribution in [2.24, 2.45) is 7.05 Å². The van der Waals surface area contributed by atoms with Crippen LogP contribution < -0.4 is 0 Å². The highest BCUT2D eigenvalue weighted by molar-refractivity contribution is 6.30. The van der Waals surface area contributed by atoms with Crippen molar-refractivity contribution in [2.45, 2.75) is 13.5 Å². The lowest BCUT2D eigenvalue weighted by atomic mass is 10.1. The smallest absolute Gasteiger partial charge is 0.0699 e. The van der Waals surface area contributed by atoms with Crippen LogP contribution in [0.5, 0.6) is 0 Å². The maximum Gasteiger partial charge on any atom is 0.0699 e. The normalized spacial score (nSPS) is 10.8. The van der Waals surface area contributed by atoms with Gasteiger partial charge in [-0.1, -0.05) is 23.7 Å². The van der Waals surface area contributed by atoms with E-state index in [-0.39, 0.29) is 6.61 Å². The fourth-order valence-electron chi connectivity index (χ4n) is 1.82. The standard InChI is InChI=1S/C13H14ClNO/c1-9-11(8-16)7-13(15(9)2)10-3-5-12(14)6-4-10/h3-7,16H,8H2,1-2H3. The highest BCUT2D eigenvalue weighted by Crippen LogP contribution is 2.25. The van der Waals surface area contributed by atoms with E-state index in [9.17, 15) is 5.11 Å². The van der Waals surface area contributed by atoms with Crippen molar-refractivity contribution < 1.29 is 5.11 Å². The quantitative estimate of drug-likeness (QED) is 0.850. The first-order chi connectivity index (χ1) is 7.63. The van der Waals surface area contributed by atoms with Gasteiger partial charge in [0.25, 0.3) is 0 Å². The van der Waals surface area contributed by atoms with Crippen LogP contribution in [0.2, 0.25) is 5.02 Å². The molecule has 2 rings (SSSR count). The Morgan fingerprint density at radius 1 is 1.25 bits per heavy atom. The number of aliphatic hydroxyl groups is 1. The second kappa shape index (κ2) is 4.32. The van der Waals surface area contributed by atoms with Crippen molar-refractivity contribution in [1.29, 1.82) is 0 Å². The molecule has 0 saturated heterocycles. The largest absolute Gasteiger partial charge is 0.392 e. The van der Waals surface area contributed by atoms with E-state index in [4.69, 9.17) is 11.6 Å². The molecule has 16 heavy (non-hydrogen) atoms. The van der Waals surface area contributed by atoms with Gasteiger partial charge in [0, 0.05) is 23.5 Å². The molecule has 1 N–H and O–H groups in total. The first-order valence-electron chi connectivity index (χ1n) is 5.15. The van der Waals surface area contributed by atoms with Crippen LogP contribution in [0.4, 0.5) is 0 Å². The number of rotatable bonds is 2. The Morgan fingerprint density at radius 2 is 1.88 bits per heavy atom. The van der Waals surface area contributed by atoms with Crippen LogP contribution in [-0.2, 0) is 13.7 Å². The topological polar surface area (TPSA) is 25.2 Å². The molecule has 84 valence electrons. The summed E-state index contributed by atoms with van der Waals surface area (Å²) in [5.74, 6) is 0. The van der Waals surface area contributed by atoms with Crippen LogP contribution >= 0.6 is 11.6 Å². The third kappa shape index (κ3) is 1.86. The Balaban J connectivity index is 2.52. The van der Waals surface area contributed by atoms with Crippen molar-refractivity contribution in [1.82, 2.24) is 4.57 Å². The fraction of sp³-hybridized carbons (Fsp3) is 0.231. The van der Waals surface area contributed by atoms with Gasteiger partial charge in [0.1, 0.15) is 0 Å². The first kappa shape index (κ1) is 11.2. The molecule has 0 aliphatic carbocycles. The average Bonchev–Trinajstić information content (AvgIpc) is 2.57. The lowest BCUT2D eigenvalue weighted by molar-refractivity contribution is 0.281. The third-order valence-electron chi connectivity index (χ3n) is 2.95. The van der Waals surface area contributed by atoms with Crippen LogP contribution in [0.25, 0.3) is 11.3 Å². The summed E-state index contributed by atoms with van der Waals surface area (Å²) in [6, 6.07) is 9.73. The molecular formula is C13H14ClNO. The molecule has 0 atom stereocenters. The number of nitrogens with zero attached hydrogens (tertiary/aromatic N) is 1. The zero-order chi connectivity index (χ0) is 11.7. The number of aromatic nitrogens is 1. The van der Waals surface area contributed by atoms with Gasteiger partial charge in [0.15, 0.2) is 0 Å². The minimum atomic E-state index is 0.0766. The molecule has 2 nitrogen and oxygen atoms in total. The van der Waals surface area contributed by atoms with Gasteiger partial charge in [0.05, 0.1) is 6.61 Å². The van der Waals surface area contributed by atoms with Crippen molar-refractivity contribution >= 4 is 11.6 Å². The predicted octanol–water partition coefficient (Wildman–Crippen LogP) is 3.15. The molecule has 0 bridgehead atoms. The maximum absolute atomic E-state index is 9.21. The van der Waals surface area contributed by atoms with E-state index in [1.54, 1.807) is 0 Å². The van der Waals surface area contributed by atoms with E-state index in [0.29, 0.717) is 0 Å². The fourth-order valence-corrected chi connectivity index (χ4v) is 1.95. The van der Waals surface area contributed by atoms with E-state index >= 15 is 0 Å². The molecule has 1 heterocycles. The van der Waals surface area contributed by atoms with Gasteiger partial charge < -0.3 is 9.67 Å². The van der Waals surface area contributed by atoms with Crippen LogP contribution in [-0.4, -0.2) is 9.67 Å². The number of aliphatic hydroxyl groups excluding tert-OH is 1. The van der Waals surface area contributed by atoms with Gasteiger partial charge in [-0.3, -0.25) is 0 Å². The monoisotopic (exact) mass is 235 g/mol. The van der Waals surface area contributed by atoms with Crippen LogP contribution in [0, 0.1) is 6.92 Å². The summed E-state index contributed by atoms with van der Waals surface area (Å²) in [6.45, 7) is 2.08. The molecule has 2 aromatic rings. The molecule has 0 unspecified atom stereocenters. The van der Waals surface area contributed by atoms with E-state index in [1.165, 1.54) is 0 Å². The lowest BCUT2D eigenvalue weighted by Gasteiger charge is -2.05. The minimum Gasteiger partial charge on any atom is -0.392 e. The first-order valence-corrected chi connectivity index (χ1v) is 5.53. The van der Waals surface area contributed by atoms with Crippen molar-refractivity contribution in [3.8, 4) is 11.3 Å². The summed E-state index contributed by atoms with van der Waals surface area (Å²) in [7, 11) is 2.00. The summed E-state index contributed by atoms with van der Waals surface area (Å²) in [6.07, 6.45) is 0. The van der Waals surface area contributed by atoms with E-state index in [0.717, 1.165) is 27.5 Å². The van der Waals surface area contributed by atoms with Crippen LogP contribution in [0.3, 0.4) is 0 Å². The van der Waals surface area contributed by atoms with Gasteiger partial charge >= 0.3 is 0 Å². The molecule has 0 saturated carbocycles. The van der Waals surface area contributed by atoms with Gasteiger partial charge in [-0.2, -0.15) is 0 Å². The molecule has 0 fully saturated rings. The summed E-state index contributed by atoms with van der Waals surface area (Å²) in [4.78, 5) is 0. The molecule has 0 radical (unpaired) electrons. The molecule has 0 aliphatic heterocycles. The zero-order valence-corrected chi connectivity index (χ0v) is 10.1. The zero-order valence-electron chi connectivity index (χ0n) is 9.37. The number of benzene rings is 1. The molecule has 1 aromatic heterocycles. The van der Waals surface area contributed by atoms with Crippen molar-refractivity contribution in [3.63, 3.8) is 0 Å². The molecule has 0 amide bonds. The van der Waals surface area contributed by atoms with Crippen molar-refractivity contribution in [2.75, 3.05) is 0 Å². The van der Waals surface area contributed by atoms with Crippen molar-refractivity contribution in [3.05, 3.63) is 46.6 Å². The molecule has 3 heteroatoms. The molecule has 0 aliphatic rings. The van der Waals surface area contributed by atoms with Gasteiger partial charge in [-0.25, -0.2) is 0 Å². The third-order valence-corrected chi connectivity index (χ3v) is 3.20. The Labute approximate surface area is 100 Å². The van der Waals surface area contributed by atoms with E-state index in [2.05, 4.69) is 4.57 Å². The highest BCUT2D eigenvalue weighted by Gasteiger charge is 2.09. The highest BCUT2D eigenvalue weighted by atomic mass is 35.5. The Morgan fingerprint density at radius 3 is 2.38 bits per heavy atom. The number of hydrogen-bond donors (Lipinski definition) is 1. The minimum absolute atomic E-state index is 0.0766. The Bertz CT molecular complexity index is 499. The van der Waals surface area contributed by atoms with Gasteiger partial charge in [-0.15, -0.1) is 0 Å². The summed E-state index contributed by atoms with van der Waals surface area (Å²) in [5.41, 5.74) is 4.26. The number of hydrogen-bond acceptors (Lipinski definition) is 1. The second-order valence-electron chi connectivity index (χ2n) is 3.86. The van der Waals surface area contributed by atoms with E-state index < -0.39 is 0 Å². The average molecular weight is 236 g/mol. The molecule has 1 aromatic carbocycles. The van der Waals surface area contributed by atoms with Gasteiger partial charge in [-0.05, 0) is 36.2 Å². The summed E-state index contributed by atoms with van der Waals surface area (Å²) >= 11 is 5.86. The summed E-state index contributed by atoms with van der Waals surface area (Å²) in [5, 5.41) is 9.95. The molecular weight excluding hydrogens is 222 g/mol. The molecule has 0 spiro atoms. The van der Waals surface area contributed by atoms with Gasteiger partial charge in [0.2, 0.25) is 0 Å². The predicted molar refractivity (Wildman–Crippen MR) is 66.5 cm³/mol. The van der Waals surface area contributed by atoms with Crippen LogP contribution in [0.15, 0.2) is 30.3 Å². The van der Waals surface area contributed by atoms with Crippen LogP contribution in [0.1, 0.15) is 11.3 Å².